The van der Waals surface area contributed by atoms with E-state index in [1.165, 1.54) is 0 Å². The lowest BCUT2D eigenvalue weighted by Crippen LogP contribution is -2.27. The van der Waals surface area contributed by atoms with Gasteiger partial charge in [-0.3, -0.25) is 10.1 Å². The maximum atomic E-state index is 12.6. The summed E-state index contributed by atoms with van der Waals surface area (Å²) in [6.45, 7) is 7.95. The van der Waals surface area contributed by atoms with Crippen LogP contribution in [0.25, 0.3) is 11.0 Å². The van der Waals surface area contributed by atoms with Gasteiger partial charge >= 0.3 is 0 Å². The number of anilines is 2. The first-order valence-corrected chi connectivity index (χ1v) is 8.97. The highest BCUT2D eigenvalue weighted by Crippen LogP contribution is 2.20. The highest BCUT2D eigenvalue weighted by molar-refractivity contribution is 6.04. The minimum absolute atomic E-state index is 0.211. The van der Waals surface area contributed by atoms with Crippen LogP contribution in [-0.4, -0.2) is 40.0 Å². The van der Waals surface area contributed by atoms with E-state index in [9.17, 15) is 4.79 Å². The Bertz CT molecular complexity index is 898. The molecule has 1 heterocycles. The highest BCUT2D eigenvalue weighted by Gasteiger charge is 2.15. The fourth-order valence-corrected chi connectivity index (χ4v) is 3.03. The molecule has 2 aromatic carbocycles. The number of hydrogen-bond acceptors (Lipinski definition) is 4. The van der Waals surface area contributed by atoms with Gasteiger partial charge in [0.25, 0.3) is 5.91 Å². The van der Waals surface area contributed by atoms with E-state index in [1.807, 2.05) is 24.3 Å². The Morgan fingerprint density at radius 3 is 2.65 bits per heavy atom. The van der Waals surface area contributed by atoms with Crippen molar-refractivity contribution in [2.45, 2.75) is 20.4 Å². The normalized spacial score (nSPS) is 11.2. The summed E-state index contributed by atoms with van der Waals surface area (Å²) < 4.78 is 2.07. The molecule has 0 bridgehead atoms. The number of nitrogens with one attached hydrogen (secondary N) is 1. The standard InChI is InChI=1S/C20H25N5O/c1-3-24(4-2)12-13-25-18-11-6-5-10-17(18)22-20(25)23-19(26)15-8-7-9-16(21)14-15/h5-11,14H,3-4,12-13,21H2,1-2H3,(H,22,23,26). The molecule has 0 aliphatic rings. The summed E-state index contributed by atoms with van der Waals surface area (Å²) in [6.07, 6.45) is 0. The average molecular weight is 351 g/mol. The number of fused-ring (bicyclic) bond motifs is 1. The zero-order chi connectivity index (χ0) is 18.5. The van der Waals surface area contributed by atoms with Crippen molar-refractivity contribution < 1.29 is 4.79 Å². The summed E-state index contributed by atoms with van der Waals surface area (Å²) in [5.41, 5.74) is 8.76. The van der Waals surface area contributed by atoms with E-state index in [-0.39, 0.29) is 5.91 Å². The number of benzene rings is 2. The smallest absolute Gasteiger partial charge is 0.258 e. The van der Waals surface area contributed by atoms with Crippen molar-refractivity contribution in [2.75, 3.05) is 30.7 Å². The fourth-order valence-electron chi connectivity index (χ4n) is 3.03. The number of nitrogens with two attached hydrogens (primary N) is 1. The molecule has 0 aliphatic heterocycles. The number of carbonyl (C=O) groups is 1. The largest absolute Gasteiger partial charge is 0.399 e. The lowest BCUT2D eigenvalue weighted by Gasteiger charge is -2.19. The van der Waals surface area contributed by atoms with E-state index in [1.54, 1.807) is 24.3 Å². The quantitative estimate of drug-likeness (QED) is 0.641. The number of likely N-dealkylation sites (N-methyl/N-ethyl adjacent to an activating group) is 1. The van der Waals surface area contributed by atoms with Gasteiger partial charge in [-0.25, -0.2) is 4.98 Å². The number of aromatic nitrogens is 2. The van der Waals surface area contributed by atoms with E-state index < -0.39 is 0 Å². The number of rotatable bonds is 7. The monoisotopic (exact) mass is 351 g/mol. The second kappa shape index (κ2) is 8.01. The molecule has 0 saturated heterocycles. The van der Waals surface area contributed by atoms with Crippen LogP contribution in [0.2, 0.25) is 0 Å². The van der Waals surface area contributed by atoms with Crippen molar-refractivity contribution >= 4 is 28.6 Å². The van der Waals surface area contributed by atoms with Crippen molar-refractivity contribution in [3.8, 4) is 0 Å². The predicted octanol–water partition coefficient (Wildman–Crippen LogP) is 3.21. The van der Waals surface area contributed by atoms with Gasteiger partial charge in [0.1, 0.15) is 0 Å². The van der Waals surface area contributed by atoms with Gasteiger partial charge in [0.2, 0.25) is 5.95 Å². The molecule has 26 heavy (non-hydrogen) atoms. The summed E-state index contributed by atoms with van der Waals surface area (Å²) in [6, 6.07) is 14.9. The Morgan fingerprint density at radius 2 is 1.92 bits per heavy atom. The van der Waals surface area contributed by atoms with Crippen LogP contribution in [0.4, 0.5) is 11.6 Å². The molecule has 3 aromatic rings. The van der Waals surface area contributed by atoms with E-state index in [0.717, 1.165) is 37.2 Å². The van der Waals surface area contributed by atoms with Gasteiger partial charge in [0.15, 0.2) is 0 Å². The SMILES string of the molecule is CCN(CC)CCn1c(NC(=O)c2cccc(N)c2)nc2ccccc21. The maximum absolute atomic E-state index is 12.6. The zero-order valence-corrected chi connectivity index (χ0v) is 15.3. The molecular weight excluding hydrogens is 326 g/mol. The van der Waals surface area contributed by atoms with Crippen molar-refractivity contribution in [3.05, 3.63) is 54.1 Å². The van der Waals surface area contributed by atoms with Gasteiger partial charge in [0, 0.05) is 24.3 Å². The van der Waals surface area contributed by atoms with E-state index in [0.29, 0.717) is 17.2 Å². The van der Waals surface area contributed by atoms with E-state index in [4.69, 9.17) is 5.73 Å². The third kappa shape index (κ3) is 3.86. The molecule has 136 valence electrons. The minimum atomic E-state index is -0.211. The van der Waals surface area contributed by atoms with Crippen LogP contribution in [0, 0.1) is 0 Å². The molecule has 0 spiro atoms. The number of hydrogen-bond donors (Lipinski definition) is 2. The van der Waals surface area contributed by atoms with E-state index >= 15 is 0 Å². The summed E-state index contributed by atoms with van der Waals surface area (Å²) >= 11 is 0. The van der Waals surface area contributed by atoms with Crippen LogP contribution < -0.4 is 11.1 Å². The molecule has 0 atom stereocenters. The zero-order valence-electron chi connectivity index (χ0n) is 15.3. The summed E-state index contributed by atoms with van der Waals surface area (Å²) in [7, 11) is 0. The van der Waals surface area contributed by atoms with Crippen molar-refractivity contribution in [3.63, 3.8) is 0 Å². The number of nitrogens with zero attached hydrogens (tertiary/aromatic N) is 3. The Balaban J connectivity index is 1.89. The Hall–Kier alpha value is -2.86. The number of amides is 1. The Labute approximate surface area is 153 Å². The second-order valence-electron chi connectivity index (χ2n) is 6.18. The number of nitrogen functional groups attached to an aromatic ring is 1. The van der Waals surface area contributed by atoms with Gasteiger partial charge in [0.05, 0.1) is 11.0 Å². The van der Waals surface area contributed by atoms with Crippen LogP contribution in [0.1, 0.15) is 24.2 Å². The fraction of sp³-hybridized carbons (Fsp3) is 0.300. The molecule has 0 unspecified atom stereocenters. The van der Waals surface area contributed by atoms with Gasteiger partial charge in [-0.15, -0.1) is 0 Å². The first-order chi connectivity index (χ1) is 12.6. The first-order valence-electron chi connectivity index (χ1n) is 8.97. The maximum Gasteiger partial charge on any atom is 0.258 e. The molecule has 3 N–H and O–H groups in total. The number of imidazole rings is 1. The lowest BCUT2D eigenvalue weighted by atomic mass is 10.2. The number of para-hydroxylation sites is 2. The third-order valence-corrected chi connectivity index (χ3v) is 4.56. The van der Waals surface area contributed by atoms with Crippen LogP contribution >= 0.6 is 0 Å². The summed E-state index contributed by atoms with van der Waals surface area (Å²) in [5.74, 6) is 0.350. The average Bonchev–Trinajstić information content (AvgIpc) is 3.00. The molecule has 1 amide bonds. The molecule has 3 rings (SSSR count). The molecule has 0 saturated carbocycles. The topological polar surface area (TPSA) is 76.2 Å². The Kier molecular flexibility index (Phi) is 5.53. The van der Waals surface area contributed by atoms with Crippen LogP contribution in [-0.2, 0) is 6.54 Å². The molecule has 6 heteroatoms. The van der Waals surface area contributed by atoms with Gasteiger partial charge in [-0.1, -0.05) is 32.0 Å². The second-order valence-corrected chi connectivity index (χ2v) is 6.18. The molecule has 0 radical (unpaired) electrons. The van der Waals surface area contributed by atoms with Gasteiger partial charge < -0.3 is 15.2 Å². The summed E-state index contributed by atoms with van der Waals surface area (Å²) in [4.78, 5) is 19.6. The molecule has 1 aromatic heterocycles. The molecule has 0 fully saturated rings. The molecule has 6 nitrogen and oxygen atoms in total. The minimum Gasteiger partial charge on any atom is -0.399 e. The highest BCUT2D eigenvalue weighted by atomic mass is 16.1. The molecular formula is C20H25N5O. The first kappa shape index (κ1) is 17.9. The van der Waals surface area contributed by atoms with E-state index in [2.05, 4.69) is 33.6 Å². The molecule has 0 aliphatic carbocycles. The lowest BCUT2D eigenvalue weighted by molar-refractivity contribution is 0.102. The predicted molar refractivity (Wildman–Crippen MR) is 106 cm³/mol. The Morgan fingerprint density at radius 1 is 1.15 bits per heavy atom. The summed E-state index contributed by atoms with van der Waals surface area (Å²) in [5, 5.41) is 2.94. The van der Waals surface area contributed by atoms with Crippen molar-refractivity contribution in [2.24, 2.45) is 0 Å². The van der Waals surface area contributed by atoms with Crippen molar-refractivity contribution in [1.82, 2.24) is 14.5 Å². The van der Waals surface area contributed by atoms with Crippen molar-refractivity contribution in [1.29, 1.82) is 0 Å². The van der Waals surface area contributed by atoms with Crippen LogP contribution in [0.5, 0.6) is 0 Å². The third-order valence-electron chi connectivity index (χ3n) is 4.56. The van der Waals surface area contributed by atoms with Gasteiger partial charge in [-0.05, 0) is 43.4 Å². The van der Waals surface area contributed by atoms with Crippen LogP contribution in [0.15, 0.2) is 48.5 Å². The van der Waals surface area contributed by atoms with Crippen LogP contribution in [0.3, 0.4) is 0 Å². The number of carbonyl (C=O) groups excluding carboxylic acids is 1. The van der Waals surface area contributed by atoms with Gasteiger partial charge in [-0.2, -0.15) is 0 Å².